The van der Waals surface area contributed by atoms with E-state index < -0.39 is 17.6 Å². The number of carbonyl (C=O) groups excluding carboxylic acids is 2. The van der Waals surface area contributed by atoms with E-state index in [1.807, 2.05) is 0 Å². The van der Waals surface area contributed by atoms with Crippen molar-refractivity contribution in [3.63, 3.8) is 0 Å². The first-order valence-corrected chi connectivity index (χ1v) is 7.89. The minimum Gasteiger partial charge on any atom is -0.348 e. The minimum atomic E-state index is -4.58. The Labute approximate surface area is 137 Å². The quantitative estimate of drug-likeness (QED) is 0.883. The van der Waals surface area contributed by atoms with Crippen LogP contribution in [0.3, 0.4) is 0 Å². The Morgan fingerprint density at radius 1 is 1.29 bits per heavy atom. The second-order valence-electron chi connectivity index (χ2n) is 6.08. The van der Waals surface area contributed by atoms with E-state index in [1.165, 1.54) is 11.0 Å². The zero-order valence-electron chi connectivity index (χ0n) is 12.9. The fraction of sp³-hybridized carbons (Fsp3) is 0.500. The number of halogens is 3. The number of hydrogen-bond donors (Lipinski definition) is 2. The molecule has 2 aliphatic heterocycles. The van der Waals surface area contributed by atoms with Crippen LogP contribution in [0.5, 0.6) is 0 Å². The van der Waals surface area contributed by atoms with Crippen LogP contribution in [0.4, 0.5) is 18.9 Å². The number of nitrogens with zero attached hydrogens (tertiary/aromatic N) is 1. The number of nitrogens with one attached hydrogen (secondary N) is 2. The van der Waals surface area contributed by atoms with Crippen molar-refractivity contribution >= 4 is 17.5 Å². The maximum Gasteiger partial charge on any atom is 0.416 e. The van der Waals surface area contributed by atoms with Crippen molar-refractivity contribution in [1.29, 1.82) is 0 Å². The molecule has 0 saturated carbocycles. The van der Waals surface area contributed by atoms with E-state index in [4.69, 9.17) is 0 Å². The first-order chi connectivity index (χ1) is 11.3. The zero-order chi connectivity index (χ0) is 17.3. The summed E-state index contributed by atoms with van der Waals surface area (Å²) >= 11 is 0. The number of hydrogen-bond acceptors (Lipinski definition) is 3. The first kappa shape index (κ1) is 16.8. The van der Waals surface area contributed by atoms with Gasteiger partial charge in [0.2, 0.25) is 5.91 Å². The molecule has 2 fully saturated rings. The number of rotatable bonds is 3. The lowest BCUT2D eigenvalue weighted by Crippen LogP contribution is -2.36. The predicted octanol–water partition coefficient (Wildman–Crippen LogP) is 1.92. The topological polar surface area (TPSA) is 61.4 Å². The summed E-state index contributed by atoms with van der Waals surface area (Å²) in [6.07, 6.45) is -2.93. The monoisotopic (exact) mass is 341 g/mol. The summed E-state index contributed by atoms with van der Waals surface area (Å²) in [5.74, 6) is -0.775. The van der Waals surface area contributed by atoms with Crippen LogP contribution < -0.4 is 15.5 Å². The number of alkyl halides is 3. The third kappa shape index (κ3) is 3.53. The van der Waals surface area contributed by atoms with Crippen molar-refractivity contribution in [2.45, 2.75) is 31.5 Å². The van der Waals surface area contributed by atoms with Crippen molar-refractivity contribution in [1.82, 2.24) is 10.6 Å². The van der Waals surface area contributed by atoms with E-state index in [1.54, 1.807) is 0 Å². The van der Waals surface area contributed by atoms with Crippen LogP contribution >= 0.6 is 0 Å². The number of carbonyl (C=O) groups is 2. The van der Waals surface area contributed by atoms with Gasteiger partial charge in [0, 0.05) is 36.8 Å². The second kappa shape index (κ2) is 6.43. The van der Waals surface area contributed by atoms with E-state index in [0.717, 1.165) is 25.1 Å². The van der Waals surface area contributed by atoms with Gasteiger partial charge in [-0.05, 0) is 37.6 Å². The molecular formula is C16H18F3N3O2. The SMILES string of the molecule is O=C(NC1CCNC1)c1cc(N2CCCC2=O)cc(C(F)(F)F)c1. The molecule has 130 valence electrons. The molecule has 0 aromatic heterocycles. The molecule has 3 rings (SSSR count). The summed E-state index contributed by atoms with van der Waals surface area (Å²) in [4.78, 5) is 25.5. The molecular weight excluding hydrogens is 323 g/mol. The van der Waals surface area contributed by atoms with E-state index in [0.29, 0.717) is 25.9 Å². The van der Waals surface area contributed by atoms with E-state index in [9.17, 15) is 22.8 Å². The molecule has 2 saturated heterocycles. The van der Waals surface area contributed by atoms with Gasteiger partial charge >= 0.3 is 6.18 Å². The van der Waals surface area contributed by atoms with Crippen LogP contribution in [-0.4, -0.2) is 37.5 Å². The highest BCUT2D eigenvalue weighted by molar-refractivity contribution is 5.99. The number of benzene rings is 1. The van der Waals surface area contributed by atoms with Crippen LogP contribution in [0, 0.1) is 0 Å². The number of amides is 2. The Morgan fingerprint density at radius 2 is 2.08 bits per heavy atom. The lowest BCUT2D eigenvalue weighted by Gasteiger charge is -2.20. The van der Waals surface area contributed by atoms with E-state index in [-0.39, 0.29) is 23.2 Å². The lowest BCUT2D eigenvalue weighted by molar-refractivity contribution is -0.137. The fourth-order valence-electron chi connectivity index (χ4n) is 3.03. The Bertz CT molecular complexity index is 654. The summed E-state index contributed by atoms with van der Waals surface area (Å²) in [5.41, 5.74) is -0.872. The van der Waals surface area contributed by atoms with Crippen LogP contribution in [0.1, 0.15) is 35.2 Å². The Morgan fingerprint density at radius 3 is 2.67 bits per heavy atom. The fourth-order valence-corrected chi connectivity index (χ4v) is 3.03. The summed E-state index contributed by atoms with van der Waals surface area (Å²) < 4.78 is 39.5. The molecule has 2 heterocycles. The van der Waals surface area contributed by atoms with Crippen molar-refractivity contribution < 1.29 is 22.8 Å². The molecule has 1 unspecified atom stereocenters. The third-order valence-electron chi connectivity index (χ3n) is 4.29. The molecule has 2 aliphatic rings. The molecule has 0 bridgehead atoms. The Hall–Kier alpha value is -2.09. The van der Waals surface area contributed by atoms with Crippen LogP contribution in [0.15, 0.2) is 18.2 Å². The van der Waals surface area contributed by atoms with Gasteiger partial charge in [-0.2, -0.15) is 13.2 Å². The highest BCUT2D eigenvalue weighted by atomic mass is 19.4. The standard InChI is InChI=1S/C16H18F3N3O2/c17-16(18,19)11-6-10(15(24)21-12-3-4-20-9-12)7-13(8-11)22-5-1-2-14(22)23/h6-8,12,20H,1-5,9H2,(H,21,24). The van der Waals surface area contributed by atoms with Crippen molar-refractivity contribution in [2.24, 2.45) is 0 Å². The van der Waals surface area contributed by atoms with Crippen LogP contribution in [-0.2, 0) is 11.0 Å². The Kier molecular flexibility index (Phi) is 4.49. The smallest absolute Gasteiger partial charge is 0.348 e. The largest absolute Gasteiger partial charge is 0.416 e. The van der Waals surface area contributed by atoms with Gasteiger partial charge < -0.3 is 15.5 Å². The summed E-state index contributed by atoms with van der Waals surface area (Å²) in [6.45, 7) is 1.73. The van der Waals surface area contributed by atoms with Crippen molar-refractivity contribution in [3.8, 4) is 0 Å². The molecule has 8 heteroatoms. The number of anilines is 1. The van der Waals surface area contributed by atoms with Crippen LogP contribution in [0.25, 0.3) is 0 Å². The average molecular weight is 341 g/mol. The third-order valence-corrected chi connectivity index (χ3v) is 4.29. The highest BCUT2D eigenvalue weighted by Gasteiger charge is 2.33. The summed E-state index contributed by atoms with van der Waals surface area (Å²) in [6, 6.07) is 3.03. The van der Waals surface area contributed by atoms with Gasteiger partial charge in [-0.3, -0.25) is 9.59 Å². The maximum atomic E-state index is 13.2. The van der Waals surface area contributed by atoms with Gasteiger partial charge in [0.1, 0.15) is 0 Å². The molecule has 1 aromatic carbocycles. The molecule has 0 radical (unpaired) electrons. The molecule has 0 spiro atoms. The second-order valence-corrected chi connectivity index (χ2v) is 6.08. The molecule has 0 aliphatic carbocycles. The van der Waals surface area contributed by atoms with Gasteiger partial charge in [-0.15, -0.1) is 0 Å². The molecule has 5 nitrogen and oxygen atoms in total. The van der Waals surface area contributed by atoms with Gasteiger partial charge in [-0.1, -0.05) is 0 Å². The van der Waals surface area contributed by atoms with E-state index >= 15 is 0 Å². The minimum absolute atomic E-state index is 0.0774. The molecule has 2 amide bonds. The highest BCUT2D eigenvalue weighted by Crippen LogP contribution is 2.34. The maximum absolute atomic E-state index is 13.2. The molecule has 1 atom stereocenters. The first-order valence-electron chi connectivity index (χ1n) is 7.89. The van der Waals surface area contributed by atoms with Crippen molar-refractivity contribution in [2.75, 3.05) is 24.5 Å². The normalized spacial score (nSPS) is 21.4. The van der Waals surface area contributed by atoms with Gasteiger partial charge in [0.05, 0.1) is 5.56 Å². The lowest BCUT2D eigenvalue weighted by atomic mass is 10.1. The molecule has 1 aromatic rings. The molecule has 24 heavy (non-hydrogen) atoms. The average Bonchev–Trinajstić information content (AvgIpc) is 3.17. The Balaban J connectivity index is 1.92. The predicted molar refractivity (Wildman–Crippen MR) is 81.8 cm³/mol. The molecule has 2 N–H and O–H groups in total. The summed E-state index contributed by atoms with van der Waals surface area (Å²) in [5, 5.41) is 5.81. The van der Waals surface area contributed by atoms with E-state index in [2.05, 4.69) is 10.6 Å². The van der Waals surface area contributed by atoms with Gasteiger partial charge in [0.25, 0.3) is 5.91 Å². The van der Waals surface area contributed by atoms with Gasteiger partial charge in [-0.25, -0.2) is 0 Å². The van der Waals surface area contributed by atoms with Gasteiger partial charge in [0.15, 0.2) is 0 Å². The summed E-state index contributed by atoms with van der Waals surface area (Å²) in [7, 11) is 0. The van der Waals surface area contributed by atoms with Crippen molar-refractivity contribution in [3.05, 3.63) is 29.3 Å². The zero-order valence-corrected chi connectivity index (χ0v) is 12.9. The van der Waals surface area contributed by atoms with Crippen LogP contribution in [0.2, 0.25) is 0 Å².